The zero-order valence-corrected chi connectivity index (χ0v) is 16.9. The molecule has 1 aliphatic carbocycles. The molecule has 2 fully saturated rings. The minimum Gasteiger partial charge on any atom is -0.759 e. The Kier molecular flexibility index (Phi) is 5.39. The smallest absolute Gasteiger partial charge is 0.327 e. The lowest BCUT2D eigenvalue weighted by atomic mass is 10.1. The van der Waals surface area contributed by atoms with Gasteiger partial charge in [-0.05, 0) is 23.6 Å². The average Bonchev–Trinajstić information content (AvgIpc) is 3.35. The Morgan fingerprint density at radius 1 is 1.17 bits per heavy atom. The molecule has 0 amide bonds. The fourth-order valence-corrected chi connectivity index (χ4v) is 5.55. The number of hydrazine groups is 1. The number of pyridine rings is 1. The van der Waals surface area contributed by atoms with Crippen LogP contribution < -0.4 is 4.90 Å². The summed E-state index contributed by atoms with van der Waals surface area (Å²) in [6.45, 7) is 3.83. The molecular formula is C20H23N4O4S-. The maximum absolute atomic E-state index is 12.4. The van der Waals surface area contributed by atoms with Gasteiger partial charge in [-0.1, -0.05) is 37.3 Å². The van der Waals surface area contributed by atoms with E-state index in [2.05, 4.69) is 9.88 Å². The number of hydrogen-bond donors (Lipinski definition) is 1. The van der Waals surface area contributed by atoms with Crippen LogP contribution >= 0.6 is 0 Å². The van der Waals surface area contributed by atoms with Gasteiger partial charge < -0.3 is 14.6 Å². The molecule has 2 aromatic rings. The van der Waals surface area contributed by atoms with Crippen molar-refractivity contribution in [3.63, 3.8) is 0 Å². The van der Waals surface area contributed by atoms with E-state index in [1.54, 1.807) is 24.3 Å². The number of hydrogen-bond acceptors (Lipinski definition) is 6. The highest BCUT2D eigenvalue weighted by Crippen LogP contribution is 2.61. The fraction of sp³-hybridized carbons (Fsp3) is 0.400. The van der Waals surface area contributed by atoms with Crippen molar-refractivity contribution < 1.29 is 18.7 Å². The van der Waals surface area contributed by atoms with E-state index in [4.69, 9.17) is 0 Å². The van der Waals surface area contributed by atoms with E-state index in [9.17, 15) is 18.7 Å². The molecule has 0 radical (unpaired) electrons. The van der Waals surface area contributed by atoms with Gasteiger partial charge >= 0.3 is 5.97 Å². The number of carbonyl (C=O) groups is 1. The summed E-state index contributed by atoms with van der Waals surface area (Å²) in [5, 5.41) is 11.8. The molecule has 1 N–H and O–H groups in total. The number of nitrogens with zero attached hydrogens (tertiary/aromatic N) is 4. The molecule has 1 aromatic heterocycles. The lowest BCUT2D eigenvalue weighted by molar-refractivity contribution is -0.150. The van der Waals surface area contributed by atoms with Crippen LogP contribution in [0.5, 0.6) is 0 Å². The van der Waals surface area contributed by atoms with Crippen LogP contribution in [0.4, 0.5) is 5.69 Å². The van der Waals surface area contributed by atoms with Crippen molar-refractivity contribution in [1.82, 2.24) is 14.4 Å². The Morgan fingerprint density at radius 3 is 2.34 bits per heavy atom. The van der Waals surface area contributed by atoms with Gasteiger partial charge in [-0.2, -0.15) is 4.41 Å². The van der Waals surface area contributed by atoms with Crippen molar-refractivity contribution in [1.29, 1.82) is 0 Å². The van der Waals surface area contributed by atoms with Gasteiger partial charge in [0.1, 0.15) is 0 Å². The summed E-state index contributed by atoms with van der Waals surface area (Å²) in [7, 11) is 0. The summed E-state index contributed by atoms with van der Waals surface area (Å²) >= 11 is -2.70. The number of piperazine rings is 1. The first-order valence-corrected chi connectivity index (χ1v) is 10.6. The minimum absolute atomic E-state index is 0.335. The topological polar surface area (TPSA) is 100 Å². The van der Waals surface area contributed by atoms with Crippen molar-refractivity contribution in [3.8, 4) is 0 Å². The molecule has 2 aliphatic rings. The van der Waals surface area contributed by atoms with E-state index in [0.717, 1.165) is 15.7 Å². The molecule has 1 aliphatic heterocycles. The van der Waals surface area contributed by atoms with Gasteiger partial charge in [0.15, 0.2) is 5.54 Å². The monoisotopic (exact) mass is 415 g/mol. The molecular weight excluding hydrogens is 392 g/mol. The van der Waals surface area contributed by atoms with Crippen LogP contribution in [0, 0.1) is 5.92 Å². The highest BCUT2D eigenvalue weighted by molar-refractivity contribution is 7.76. The number of carboxylic acids is 1. The first kappa shape index (κ1) is 20.0. The third-order valence-electron chi connectivity index (χ3n) is 6.06. The zero-order chi connectivity index (χ0) is 20.6. The number of aromatic nitrogens is 1. The Morgan fingerprint density at radius 2 is 1.79 bits per heavy atom. The van der Waals surface area contributed by atoms with Crippen LogP contribution in [0.2, 0.25) is 0 Å². The van der Waals surface area contributed by atoms with Crippen molar-refractivity contribution >= 4 is 22.9 Å². The summed E-state index contributed by atoms with van der Waals surface area (Å²) in [5.41, 5.74) is 0.366. The molecule has 1 saturated heterocycles. The molecule has 154 valence electrons. The molecule has 0 bridgehead atoms. The molecule has 4 rings (SSSR count). The lowest BCUT2D eigenvalue weighted by Gasteiger charge is -2.45. The summed E-state index contributed by atoms with van der Waals surface area (Å²) in [4.78, 5) is 18.6. The van der Waals surface area contributed by atoms with Gasteiger partial charge in [-0.15, -0.1) is 0 Å². The van der Waals surface area contributed by atoms with E-state index >= 15 is 0 Å². The predicted octanol–water partition coefficient (Wildman–Crippen LogP) is 1.47. The molecule has 1 aromatic carbocycles. The van der Waals surface area contributed by atoms with Crippen LogP contribution in [0.1, 0.15) is 18.4 Å². The van der Waals surface area contributed by atoms with Gasteiger partial charge in [0.25, 0.3) is 0 Å². The second-order valence-electron chi connectivity index (χ2n) is 7.44. The van der Waals surface area contributed by atoms with E-state index in [1.807, 2.05) is 42.5 Å². The van der Waals surface area contributed by atoms with E-state index in [0.29, 0.717) is 26.2 Å². The van der Waals surface area contributed by atoms with Crippen molar-refractivity contribution in [2.24, 2.45) is 5.92 Å². The Labute approximate surface area is 172 Å². The molecule has 2 heterocycles. The van der Waals surface area contributed by atoms with Crippen LogP contribution in [0.3, 0.4) is 0 Å². The van der Waals surface area contributed by atoms with E-state index < -0.39 is 28.7 Å². The van der Waals surface area contributed by atoms with E-state index in [-0.39, 0.29) is 5.92 Å². The van der Waals surface area contributed by atoms with Crippen LogP contribution in [0.15, 0.2) is 54.9 Å². The molecule has 8 nitrogen and oxygen atoms in total. The number of rotatable bonds is 6. The quantitative estimate of drug-likeness (QED) is 0.713. The van der Waals surface area contributed by atoms with E-state index in [1.165, 1.54) is 0 Å². The number of anilines is 1. The maximum Gasteiger partial charge on any atom is 0.327 e. The second-order valence-corrected chi connectivity index (χ2v) is 8.22. The summed E-state index contributed by atoms with van der Waals surface area (Å²) in [6, 6.07) is 13.1. The minimum atomic E-state index is -2.70. The second kappa shape index (κ2) is 7.83. The first-order valence-electron chi connectivity index (χ1n) is 9.55. The molecule has 9 heteroatoms. The van der Waals surface area contributed by atoms with Crippen LogP contribution in [0.25, 0.3) is 0 Å². The van der Waals surface area contributed by atoms with Gasteiger partial charge in [-0.3, -0.25) is 14.0 Å². The summed E-state index contributed by atoms with van der Waals surface area (Å²) in [6.07, 6.45) is 3.44. The third kappa shape index (κ3) is 3.33. The van der Waals surface area contributed by atoms with Crippen molar-refractivity contribution in [2.45, 2.75) is 18.4 Å². The van der Waals surface area contributed by atoms with Crippen molar-refractivity contribution in [2.75, 3.05) is 31.1 Å². The SMILES string of the molecule is CC1C(c2ccccc2)C1(C(=O)O)N(N1CCN(c2ccncc2)CC1)S(=O)[O-]. The zero-order valence-electron chi connectivity index (χ0n) is 16.0. The Balaban J connectivity index is 1.59. The normalized spacial score (nSPS) is 28.3. The largest absolute Gasteiger partial charge is 0.759 e. The predicted molar refractivity (Wildman–Crippen MR) is 107 cm³/mol. The Bertz CT molecular complexity index is 892. The van der Waals surface area contributed by atoms with Gasteiger partial charge in [0.05, 0.1) is 0 Å². The first-order chi connectivity index (χ1) is 14.0. The summed E-state index contributed by atoms with van der Waals surface area (Å²) in [5.74, 6) is -1.84. The van der Waals surface area contributed by atoms with Crippen LogP contribution in [-0.2, 0) is 16.1 Å². The molecule has 4 atom stereocenters. The Hall–Kier alpha value is -2.33. The highest BCUT2D eigenvalue weighted by Gasteiger charge is 2.73. The van der Waals surface area contributed by atoms with Gasteiger partial charge in [0, 0.05) is 61.4 Å². The highest BCUT2D eigenvalue weighted by atomic mass is 32.2. The molecule has 1 saturated carbocycles. The maximum atomic E-state index is 12.4. The van der Waals surface area contributed by atoms with Gasteiger partial charge in [0.2, 0.25) is 0 Å². The average molecular weight is 415 g/mol. The lowest BCUT2D eigenvalue weighted by Crippen LogP contribution is -2.61. The number of benzene rings is 1. The fourth-order valence-electron chi connectivity index (χ4n) is 4.59. The molecule has 0 spiro atoms. The molecule has 4 unspecified atom stereocenters. The third-order valence-corrected chi connectivity index (χ3v) is 6.87. The molecule has 29 heavy (non-hydrogen) atoms. The number of carboxylic acid groups (broad SMARTS) is 1. The van der Waals surface area contributed by atoms with Gasteiger partial charge in [-0.25, -0.2) is 5.01 Å². The van der Waals surface area contributed by atoms with Crippen molar-refractivity contribution in [3.05, 3.63) is 60.4 Å². The summed E-state index contributed by atoms with van der Waals surface area (Å²) < 4.78 is 25.6. The number of aliphatic carboxylic acids is 1. The van der Waals surface area contributed by atoms with Crippen LogP contribution in [-0.4, -0.2) is 66.0 Å². The standard InChI is InChI=1S/C20H24N4O4S/c1-15-18(16-5-3-2-4-6-16)20(15,19(25)26)24(29(27)28)23-13-11-22(12-14-23)17-7-9-21-10-8-17/h2-10,15,18H,11-14H2,1H3,(H,25,26)(H,27,28)/p-1.